The third kappa shape index (κ3) is 5.50. The first kappa shape index (κ1) is 20.8. The molecule has 1 aliphatic heterocycles. The number of guanidine groups is 1. The molecule has 0 aromatic rings. The monoisotopic (exact) mass is 367 g/mol. The average molecular weight is 368 g/mol. The van der Waals surface area contributed by atoms with E-state index in [9.17, 15) is 4.79 Å². The molecule has 1 saturated carbocycles. The zero-order chi connectivity index (χ0) is 19.2. The van der Waals surface area contributed by atoms with Gasteiger partial charge in [-0.05, 0) is 52.6 Å². The van der Waals surface area contributed by atoms with Gasteiger partial charge in [0, 0.05) is 24.7 Å². The number of amides is 1. The van der Waals surface area contributed by atoms with Gasteiger partial charge in [-0.25, -0.2) is 4.79 Å². The quantitative estimate of drug-likeness (QED) is 0.574. The van der Waals surface area contributed by atoms with E-state index in [0.29, 0.717) is 25.7 Å². The SMILES string of the molecule is CCOC(=O)N1CCC(NC(N)=NCC2(N(C)C)CCCC(C)C2)CC1. The highest BCUT2D eigenvalue weighted by molar-refractivity contribution is 5.78. The first-order valence-corrected chi connectivity index (χ1v) is 10.0. The number of carbonyl (C=O) groups excluding carboxylic acids is 1. The Kier molecular flexibility index (Phi) is 7.55. The normalized spacial score (nSPS) is 28.3. The number of nitrogens with two attached hydrogens (primary N) is 1. The van der Waals surface area contributed by atoms with Crippen LogP contribution in [0.25, 0.3) is 0 Å². The molecule has 26 heavy (non-hydrogen) atoms. The number of nitrogens with one attached hydrogen (secondary N) is 1. The number of piperidine rings is 1. The molecule has 150 valence electrons. The first-order chi connectivity index (χ1) is 12.4. The van der Waals surface area contributed by atoms with E-state index >= 15 is 0 Å². The van der Waals surface area contributed by atoms with Gasteiger partial charge < -0.3 is 25.6 Å². The van der Waals surface area contributed by atoms with Crippen molar-refractivity contribution in [3.63, 3.8) is 0 Å². The molecule has 2 rings (SSSR count). The molecular formula is C19H37N5O2. The van der Waals surface area contributed by atoms with Gasteiger partial charge in [-0.3, -0.25) is 4.99 Å². The first-order valence-electron chi connectivity index (χ1n) is 10.0. The van der Waals surface area contributed by atoms with E-state index < -0.39 is 0 Å². The smallest absolute Gasteiger partial charge is 0.409 e. The molecule has 7 nitrogen and oxygen atoms in total. The Morgan fingerprint density at radius 1 is 1.35 bits per heavy atom. The summed E-state index contributed by atoms with van der Waals surface area (Å²) in [6.07, 6.45) is 6.44. The van der Waals surface area contributed by atoms with Crippen molar-refractivity contribution >= 4 is 12.1 Å². The number of likely N-dealkylation sites (N-methyl/N-ethyl adjacent to an activating group) is 1. The molecule has 2 unspecified atom stereocenters. The van der Waals surface area contributed by atoms with E-state index in [1.807, 2.05) is 6.92 Å². The summed E-state index contributed by atoms with van der Waals surface area (Å²) < 4.78 is 5.06. The third-order valence-electron chi connectivity index (χ3n) is 5.93. The lowest BCUT2D eigenvalue weighted by atomic mass is 9.75. The van der Waals surface area contributed by atoms with Crippen LogP contribution in [0, 0.1) is 5.92 Å². The summed E-state index contributed by atoms with van der Waals surface area (Å²) >= 11 is 0. The minimum absolute atomic E-state index is 0.122. The van der Waals surface area contributed by atoms with Gasteiger partial charge in [-0.2, -0.15) is 0 Å². The standard InChI is InChI=1S/C19H37N5O2/c1-5-26-18(25)24-11-8-16(9-12-24)22-17(20)21-14-19(23(3)4)10-6-7-15(2)13-19/h15-16H,5-14H2,1-4H3,(H3,20,21,22). The fourth-order valence-corrected chi connectivity index (χ4v) is 4.23. The maximum Gasteiger partial charge on any atom is 0.409 e. The summed E-state index contributed by atoms with van der Waals surface area (Å²) in [5.41, 5.74) is 6.29. The third-order valence-corrected chi connectivity index (χ3v) is 5.93. The molecular weight excluding hydrogens is 330 g/mol. The highest BCUT2D eigenvalue weighted by atomic mass is 16.6. The summed E-state index contributed by atoms with van der Waals surface area (Å²) in [6, 6.07) is 0.269. The molecule has 1 heterocycles. The largest absolute Gasteiger partial charge is 0.450 e. The Bertz CT molecular complexity index is 488. The molecule has 2 fully saturated rings. The molecule has 7 heteroatoms. The average Bonchev–Trinajstić information content (AvgIpc) is 2.61. The van der Waals surface area contributed by atoms with Gasteiger partial charge >= 0.3 is 6.09 Å². The van der Waals surface area contributed by atoms with Crippen LogP contribution in [0.15, 0.2) is 4.99 Å². The summed E-state index contributed by atoms with van der Waals surface area (Å²) in [4.78, 5) is 20.5. The fraction of sp³-hybridized carbons (Fsp3) is 0.895. The van der Waals surface area contributed by atoms with Crippen LogP contribution in [0.5, 0.6) is 0 Å². The minimum atomic E-state index is -0.216. The van der Waals surface area contributed by atoms with E-state index in [1.54, 1.807) is 4.90 Å². The summed E-state index contributed by atoms with van der Waals surface area (Å²) in [7, 11) is 4.31. The molecule has 3 N–H and O–H groups in total. The Labute approximate surface area is 158 Å². The van der Waals surface area contributed by atoms with Gasteiger partial charge in [-0.1, -0.05) is 19.8 Å². The highest BCUT2D eigenvalue weighted by Crippen LogP contribution is 2.35. The van der Waals surface area contributed by atoms with E-state index in [2.05, 4.69) is 36.2 Å². The van der Waals surface area contributed by atoms with Crippen LogP contribution in [0.2, 0.25) is 0 Å². The number of ether oxygens (including phenoxy) is 1. The molecule has 1 saturated heterocycles. The minimum Gasteiger partial charge on any atom is -0.450 e. The maximum atomic E-state index is 11.8. The molecule has 0 spiro atoms. The number of hydrogen-bond donors (Lipinski definition) is 2. The Balaban J connectivity index is 1.83. The molecule has 2 atom stereocenters. The van der Waals surface area contributed by atoms with E-state index in [-0.39, 0.29) is 17.7 Å². The molecule has 1 amide bonds. The topological polar surface area (TPSA) is 83.2 Å². The van der Waals surface area contributed by atoms with Crippen LogP contribution in [0.4, 0.5) is 4.79 Å². The zero-order valence-electron chi connectivity index (χ0n) is 17.0. The van der Waals surface area contributed by atoms with Crippen molar-refractivity contribution < 1.29 is 9.53 Å². The second kappa shape index (κ2) is 9.44. The van der Waals surface area contributed by atoms with E-state index in [1.165, 1.54) is 25.7 Å². The predicted molar refractivity (Wildman–Crippen MR) is 105 cm³/mol. The summed E-state index contributed by atoms with van der Waals surface area (Å²) in [5, 5.41) is 3.35. The van der Waals surface area contributed by atoms with Gasteiger partial charge in [0.25, 0.3) is 0 Å². The molecule has 1 aliphatic carbocycles. The van der Waals surface area contributed by atoms with Crippen LogP contribution in [-0.4, -0.2) is 73.8 Å². The lowest BCUT2D eigenvalue weighted by Gasteiger charge is -2.44. The van der Waals surface area contributed by atoms with Gasteiger partial charge in [0.05, 0.1) is 13.2 Å². The molecule has 0 radical (unpaired) electrons. The molecule has 0 bridgehead atoms. The second-order valence-corrected chi connectivity index (χ2v) is 8.13. The molecule has 0 aromatic carbocycles. The number of carbonyl (C=O) groups is 1. The van der Waals surface area contributed by atoms with Crippen LogP contribution in [-0.2, 0) is 4.74 Å². The van der Waals surface area contributed by atoms with Crippen LogP contribution < -0.4 is 11.1 Å². The van der Waals surface area contributed by atoms with Crippen LogP contribution >= 0.6 is 0 Å². The summed E-state index contributed by atoms with van der Waals surface area (Å²) in [6.45, 7) is 6.72. The van der Waals surface area contributed by atoms with Gasteiger partial charge in [0.2, 0.25) is 0 Å². The van der Waals surface area contributed by atoms with Crippen molar-refractivity contribution in [2.45, 2.75) is 64.0 Å². The Hall–Kier alpha value is -1.50. The Morgan fingerprint density at radius 3 is 2.62 bits per heavy atom. The van der Waals surface area contributed by atoms with Crippen molar-refractivity contribution in [3.8, 4) is 0 Å². The number of rotatable bonds is 5. The van der Waals surface area contributed by atoms with Crippen molar-refractivity contribution in [2.75, 3.05) is 40.3 Å². The fourth-order valence-electron chi connectivity index (χ4n) is 4.23. The zero-order valence-corrected chi connectivity index (χ0v) is 17.0. The number of nitrogens with zero attached hydrogens (tertiary/aromatic N) is 3. The molecule has 2 aliphatic rings. The Morgan fingerprint density at radius 2 is 2.04 bits per heavy atom. The van der Waals surface area contributed by atoms with Crippen LogP contribution in [0.3, 0.4) is 0 Å². The molecule has 0 aromatic heterocycles. The lowest BCUT2D eigenvalue weighted by molar-refractivity contribution is 0.0844. The van der Waals surface area contributed by atoms with Crippen molar-refractivity contribution in [3.05, 3.63) is 0 Å². The van der Waals surface area contributed by atoms with Gasteiger partial charge in [0.1, 0.15) is 0 Å². The van der Waals surface area contributed by atoms with Crippen molar-refractivity contribution in [1.82, 2.24) is 15.1 Å². The van der Waals surface area contributed by atoms with Crippen LogP contribution in [0.1, 0.15) is 52.4 Å². The number of aliphatic imine (C=N–C) groups is 1. The predicted octanol–water partition coefficient (Wildman–Crippen LogP) is 2.02. The number of likely N-dealkylation sites (tertiary alicyclic amines) is 1. The van der Waals surface area contributed by atoms with Crippen molar-refractivity contribution in [1.29, 1.82) is 0 Å². The van der Waals surface area contributed by atoms with E-state index in [0.717, 1.165) is 25.3 Å². The van der Waals surface area contributed by atoms with E-state index in [4.69, 9.17) is 10.5 Å². The number of hydrogen-bond acceptors (Lipinski definition) is 4. The maximum absolute atomic E-state index is 11.8. The second-order valence-electron chi connectivity index (χ2n) is 8.13. The van der Waals surface area contributed by atoms with Crippen molar-refractivity contribution in [2.24, 2.45) is 16.6 Å². The summed E-state index contributed by atoms with van der Waals surface area (Å²) in [5.74, 6) is 1.27. The highest BCUT2D eigenvalue weighted by Gasteiger charge is 2.36. The van der Waals surface area contributed by atoms with Gasteiger partial charge in [-0.15, -0.1) is 0 Å². The van der Waals surface area contributed by atoms with Gasteiger partial charge in [0.15, 0.2) is 5.96 Å². The lowest BCUT2D eigenvalue weighted by Crippen LogP contribution is -2.52.